The zero-order valence-electron chi connectivity index (χ0n) is 16.5. The maximum atomic E-state index is 11.3. The molecule has 0 aliphatic carbocycles. The maximum Gasteiger partial charge on any atom is 0.193 e. The molecule has 3 aromatic rings. The topological polar surface area (TPSA) is 81.7 Å². The summed E-state index contributed by atoms with van der Waals surface area (Å²) in [7, 11) is -3.53. The lowest BCUT2D eigenvalue weighted by molar-refractivity contribution is 0.599. The van der Waals surface area contributed by atoms with Crippen LogP contribution in [0.15, 0.2) is 87.5 Å². The second-order valence-corrected chi connectivity index (χ2v) is 10.4. The molecule has 0 aliphatic heterocycles. The van der Waals surface area contributed by atoms with Crippen LogP contribution in [-0.4, -0.2) is 19.9 Å². The molecule has 10 heteroatoms. The molecule has 0 spiro atoms. The molecule has 0 radical (unpaired) electrons. The van der Waals surface area contributed by atoms with Gasteiger partial charge in [-0.3, -0.25) is 0 Å². The van der Waals surface area contributed by atoms with E-state index in [1.54, 1.807) is 18.2 Å². The number of sulfone groups is 1. The van der Waals surface area contributed by atoms with Crippen LogP contribution in [0.3, 0.4) is 0 Å². The molecule has 0 saturated heterocycles. The normalized spacial score (nSPS) is 9.81. The largest absolute Gasteiger partial charge is 0.223 e. The molecule has 0 aliphatic rings. The van der Waals surface area contributed by atoms with Gasteiger partial charge in [0.05, 0.1) is 37.9 Å². The Morgan fingerprint density at radius 3 is 1.78 bits per heavy atom. The third kappa shape index (κ3) is 10.2. The van der Waals surface area contributed by atoms with Gasteiger partial charge in [0, 0.05) is 9.79 Å². The predicted octanol–water partition coefficient (Wildman–Crippen LogP) is 7.22. The van der Waals surface area contributed by atoms with Crippen LogP contribution in [0.5, 0.6) is 0 Å². The molecule has 32 heavy (non-hydrogen) atoms. The molecule has 0 heterocycles. The molecule has 0 bridgehead atoms. The van der Waals surface area contributed by atoms with E-state index in [9.17, 15) is 8.42 Å². The summed E-state index contributed by atoms with van der Waals surface area (Å²) in [5, 5.41) is 18.2. The minimum Gasteiger partial charge on any atom is -0.223 e. The molecule has 166 valence electrons. The number of benzene rings is 3. The number of nitriles is 2. The van der Waals surface area contributed by atoms with Crippen molar-refractivity contribution in [3.05, 3.63) is 87.9 Å². The fourth-order valence-corrected chi connectivity index (χ4v) is 4.64. The first-order valence-corrected chi connectivity index (χ1v) is 13.0. The fourth-order valence-electron chi connectivity index (χ4n) is 1.98. The first-order valence-electron chi connectivity index (χ1n) is 8.75. The second kappa shape index (κ2) is 15.1. The molecule has 0 N–H and O–H groups in total. The smallest absolute Gasteiger partial charge is 0.193 e. The molecule has 0 atom stereocenters. The number of thiol groups is 1. The number of hydrogen-bond donors (Lipinski definition) is 1. The van der Waals surface area contributed by atoms with Crippen molar-refractivity contribution in [2.45, 2.75) is 14.7 Å². The Morgan fingerprint density at radius 1 is 0.781 bits per heavy atom. The van der Waals surface area contributed by atoms with Gasteiger partial charge in [0.15, 0.2) is 9.84 Å². The van der Waals surface area contributed by atoms with E-state index in [0.717, 1.165) is 9.79 Å². The van der Waals surface area contributed by atoms with Crippen LogP contribution >= 0.6 is 59.2 Å². The van der Waals surface area contributed by atoms with Crippen LogP contribution in [0.4, 0.5) is 0 Å². The summed E-state index contributed by atoms with van der Waals surface area (Å²) in [4.78, 5) is 1.81. The van der Waals surface area contributed by atoms with Gasteiger partial charge in [0.1, 0.15) is 5.75 Å². The zero-order valence-corrected chi connectivity index (χ0v) is 21.2. The molecule has 3 rings (SSSR count). The van der Waals surface area contributed by atoms with Crippen molar-refractivity contribution in [1.29, 1.82) is 10.5 Å². The minimum absolute atomic E-state index is 0.0122. The third-order valence-corrected chi connectivity index (χ3v) is 7.62. The van der Waals surface area contributed by atoms with Crippen LogP contribution in [0.25, 0.3) is 0 Å². The fraction of sp³-hybridized carbons (Fsp3) is 0.0909. The summed E-state index contributed by atoms with van der Waals surface area (Å²) in [6, 6.07) is 24.6. The Kier molecular flexibility index (Phi) is 13.3. The van der Waals surface area contributed by atoms with Gasteiger partial charge in [-0.05, 0) is 36.4 Å². The Morgan fingerprint density at radius 2 is 1.31 bits per heavy atom. The highest BCUT2D eigenvalue weighted by Gasteiger charge is 2.16. The van der Waals surface area contributed by atoms with E-state index in [1.807, 2.05) is 54.6 Å². The van der Waals surface area contributed by atoms with Crippen molar-refractivity contribution < 1.29 is 8.42 Å². The SMILES string of the molecule is N#CCS(=O)(=O)c1ccccc1Cl.N#CCSc1ccccc1Cl.Sc1ccccc1Cl. The van der Waals surface area contributed by atoms with E-state index in [1.165, 1.54) is 23.9 Å². The Balaban J connectivity index is 0.000000247. The van der Waals surface area contributed by atoms with Gasteiger partial charge in [0.25, 0.3) is 0 Å². The molecule has 3 aromatic carbocycles. The zero-order chi connectivity index (χ0) is 24.0. The van der Waals surface area contributed by atoms with E-state index in [-0.39, 0.29) is 9.92 Å². The number of halogens is 3. The molecule has 0 aromatic heterocycles. The highest BCUT2D eigenvalue weighted by Crippen LogP contribution is 2.25. The standard InChI is InChI=1S/C8H6ClNO2S.C8H6ClNS.C6H5ClS/c9-7-3-1-2-4-8(7)13(11,12)6-5-10;9-7-3-1-2-4-8(7)11-6-5-10;7-5-3-1-2-4-6(5)8/h1-4H,6H2;1-4H,6H2;1-4,8H. The first-order chi connectivity index (χ1) is 15.2. The van der Waals surface area contributed by atoms with Crippen molar-refractivity contribution >= 4 is 69.0 Å². The third-order valence-electron chi connectivity index (χ3n) is 3.41. The second-order valence-electron chi connectivity index (χ2n) is 5.68. The lowest BCUT2D eigenvalue weighted by atomic mass is 10.4. The molecule has 4 nitrogen and oxygen atoms in total. The van der Waals surface area contributed by atoms with Crippen molar-refractivity contribution in [3.63, 3.8) is 0 Å². The lowest BCUT2D eigenvalue weighted by Crippen LogP contribution is -2.05. The van der Waals surface area contributed by atoms with E-state index in [2.05, 4.69) is 12.6 Å². The monoisotopic (exact) mass is 542 g/mol. The van der Waals surface area contributed by atoms with Crippen molar-refractivity contribution in [2.75, 3.05) is 11.5 Å². The summed E-state index contributed by atoms with van der Waals surface area (Å²) < 4.78 is 22.7. The Labute approximate surface area is 213 Å². The predicted molar refractivity (Wildman–Crippen MR) is 136 cm³/mol. The van der Waals surface area contributed by atoms with Crippen LogP contribution in [0.2, 0.25) is 15.1 Å². The van der Waals surface area contributed by atoms with Crippen LogP contribution in [-0.2, 0) is 9.84 Å². The maximum absolute atomic E-state index is 11.3. The highest BCUT2D eigenvalue weighted by molar-refractivity contribution is 7.99. The lowest BCUT2D eigenvalue weighted by Gasteiger charge is -2.00. The van der Waals surface area contributed by atoms with Gasteiger partial charge < -0.3 is 0 Å². The Bertz CT molecular complexity index is 1190. The van der Waals surface area contributed by atoms with Gasteiger partial charge in [-0.2, -0.15) is 10.5 Å². The average Bonchev–Trinajstić information content (AvgIpc) is 2.76. The summed E-state index contributed by atoms with van der Waals surface area (Å²) in [6.07, 6.45) is 0. The molecule has 0 saturated carbocycles. The van der Waals surface area contributed by atoms with Crippen LogP contribution in [0, 0.1) is 22.7 Å². The van der Waals surface area contributed by atoms with Crippen LogP contribution in [0.1, 0.15) is 0 Å². The van der Waals surface area contributed by atoms with Gasteiger partial charge in [-0.1, -0.05) is 71.2 Å². The van der Waals surface area contributed by atoms with Gasteiger partial charge in [-0.15, -0.1) is 24.4 Å². The van der Waals surface area contributed by atoms with E-state index < -0.39 is 15.6 Å². The van der Waals surface area contributed by atoms with E-state index in [4.69, 9.17) is 45.3 Å². The van der Waals surface area contributed by atoms with Gasteiger partial charge in [0.2, 0.25) is 0 Å². The van der Waals surface area contributed by atoms with Crippen molar-refractivity contribution in [3.8, 4) is 12.1 Å². The average molecular weight is 544 g/mol. The van der Waals surface area contributed by atoms with Gasteiger partial charge >= 0.3 is 0 Å². The first kappa shape index (κ1) is 28.2. The highest BCUT2D eigenvalue weighted by atomic mass is 35.5. The molecule has 0 fully saturated rings. The van der Waals surface area contributed by atoms with E-state index >= 15 is 0 Å². The van der Waals surface area contributed by atoms with Crippen molar-refractivity contribution in [1.82, 2.24) is 0 Å². The molecule has 0 amide bonds. The minimum atomic E-state index is -3.53. The molecular formula is C22H17Cl3N2O2S3. The summed E-state index contributed by atoms with van der Waals surface area (Å²) in [5.74, 6) is -0.0968. The number of rotatable bonds is 4. The summed E-state index contributed by atoms with van der Waals surface area (Å²) in [5.41, 5.74) is 0. The van der Waals surface area contributed by atoms with E-state index in [0.29, 0.717) is 15.8 Å². The summed E-state index contributed by atoms with van der Waals surface area (Å²) >= 11 is 22.6. The quantitative estimate of drug-likeness (QED) is 0.277. The summed E-state index contributed by atoms with van der Waals surface area (Å²) in [6.45, 7) is 0. The Hall–Kier alpha value is -1.84. The molecule has 0 unspecified atom stereocenters. The van der Waals surface area contributed by atoms with Crippen LogP contribution < -0.4 is 0 Å². The number of hydrogen-bond acceptors (Lipinski definition) is 6. The number of thioether (sulfide) groups is 1. The van der Waals surface area contributed by atoms with Crippen molar-refractivity contribution in [2.24, 2.45) is 0 Å². The molecular weight excluding hydrogens is 527 g/mol. The van der Waals surface area contributed by atoms with Gasteiger partial charge in [-0.25, -0.2) is 8.42 Å². The number of nitrogens with zero attached hydrogens (tertiary/aromatic N) is 2.